The number of rotatable bonds is 7. The van der Waals surface area contributed by atoms with E-state index in [1.165, 1.54) is 0 Å². The highest BCUT2D eigenvalue weighted by Crippen LogP contribution is 2.29. The molecular weight excluding hydrogens is 262 g/mol. The van der Waals surface area contributed by atoms with E-state index in [2.05, 4.69) is 18.7 Å². The van der Waals surface area contributed by atoms with Gasteiger partial charge in [-0.15, -0.1) is 0 Å². The molecule has 0 N–H and O–H groups in total. The molecule has 0 bridgehead atoms. The lowest BCUT2D eigenvalue weighted by molar-refractivity contribution is 0.0965. The maximum atomic E-state index is 12.7. The van der Waals surface area contributed by atoms with E-state index in [0.717, 1.165) is 30.4 Å². The fraction of sp³-hybridized carbons (Fsp3) is 0.389. The standard InChI is InChI=1S/C18H23NO2/c1-4-19(5-2)13-12-16(20)18-15-9-7-6-8-14(15)10-11-17(18)21-3/h6-11H,4-5,12-13H2,1-3H3. The van der Waals surface area contributed by atoms with Gasteiger partial charge in [-0.3, -0.25) is 4.79 Å². The summed E-state index contributed by atoms with van der Waals surface area (Å²) in [7, 11) is 1.62. The number of benzene rings is 2. The van der Waals surface area contributed by atoms with Gasteiger partial charge in [0.25, 0.3) is 0 Å². The summed E-state index contributed by atoms with van der Waals surface area (Å²) in [4.78, 5) is 14.9. The van der Waals surface area contributed by atoms with Crippen molar-refractivity contribution in [2.45, 2.75) is 20.3 Å². The third-order valence-corrected chi connectivity index (χ3v) is 3.94. The Bertz CT molecular complexity index is 618. The molecule has 21 heavy (non-hydrogen) atoms. The van der Waals surface area contributed by atoms with Crippen molar-refractivity contribution in [3.05, 3.63) is 42.0 Å². The molecule has 0 aliphatic carbocycles. The number of carbonyl (C=O) groups excluding carboxylic acids is 1. The van der Waals surface area contributed by atoms with E-state index in [0.29, 0.717) is 17.7 Å². The van der Waals surface area contributed by atoms with Crippen molar-refractivity contribution >= 4 is 16.6 Å². The summed E-state index contributed by atoms with van der Waals surface area (Å²) in [6, 6.07) is 11.8. The minimum atomic E-state index is 0.149. The molecule has 112 valence electrons. The molecule has 2 rings (SSSR count). The first-order chi connectivity index (χ1) is 10.2. The van der Waals surface area contributed by atoms with Gasteiger partial charge in [0.2, 0.25) is 0 Å². The predicted octanol–water partition coefficient (Wildman–Crippen LogP) is 3.76. The van der Waals surface area contributed by atoms with Crippen LogP contribution in [0, 0.1) is 0 Å². The second-order valence-corrected chi connectivity index (χ2v) is 5.06. The molecule has 0 saturated carbocycles. The zero-order valence-electron chi connectivity index (χ0n) is 13.1. The predicted molar refractivity (Wildman–Crippen MR) is 87.2 cm³/mol. The second kappa shape index (κ2) is 7.23. The van der Waals surface area contributed by atoms with Crippen LogP contribution in [0.15, 0.2) is 36.4 Å². The zero-order valence-corrected chi connectivity index (χ0v) is 13.1. The summed E-state index contributed by atoms with van der Waals surface area (Å²) < 4.78 is 5.40. The molecule has 0 atom stereocenters. The summed E-state index contributed by atoms with van der Waals surface area (Å²) in [6.07, 6.45) is 0.520. The van der Waals surface area contributed by atoms with Crippen LogP contribution in [0.1, 0.15) is 30.6 Å². The minimum Gasteiger partial charge on any atom is -0.496 e. The normalized spacial score (nSPS) is 11.0. The van der Waals surface area contributed by atoms with Gasteiger partial charge in [-0.1, -0.05) is 44.2 Å². The molecule has 0 aromatic heterocycles. The van der Waals surface area contributed by atoms with Crippen LogP contribution in [-0.2, 0) is 0 Å². The Hall–Kier alpha value is -1.87. The van der Waals surface area contributed by atoms with Crippen LogP contribution in [0.5, 0.6) is 5.75 Å². The number of fused-ring (bicyclic) bond motifs is 1. The van der Waals surface area contributed by atoms with E-state index in [9.17, 15) is 4.79 Å². The molecule has 0 radical (unpaired) electrons. The molecular formula is C18H23NO2. The first kappa shape index (κ1) is 15.5. The highest BCUT2D eigenvalue weighted by molar-refractivity contribution is 6.10. The fourth-order valence-corrected chi connectivity index (χ4v) is 2.63. The summed E-state index contributed by atoms with van der Waals surface area (Å²) in [5.74, 6) is 0.814. The van der Waals surface area contributed by atoms with Crippen molar-refractivity contribution in [3.8, 4) is 5.75 Å². The molecule has 0 spiro atoms. The van der Waals surface area contributed by atoms with Crippen LogP contribution < -0.4 is 4.74 Å². The molecule has 0 heterocycles. The minimum absolute atomic E-state index is 0.149. The van der Waals surface area contributed by atoms with Crippen LogP contribution in [-0.4, -0.2) is 37.4 Å². The zero-order chi connectivity index (χ0) is 15.2. The molecule has 0 unspecified atom stereocenters. The first-order valence-corrected chi connectivity index (χ1v) is 7.52. The average Bonchev–Trinajstić information content (AvgIpc) is 2.54. The Labute approximate surface area is 126 Å². The Morgan fingerprint density at radius 2 is 1.81 bits per heavy atom. The molecule has 0 aliphatic heterocycles. The third-order valence-electron chi connectivity index (χ3n) is 3.94. The molecule has 3 nitrogen and oxygen atoms in total. The summed E-state index contributed by atoms with van der Waals surface area (Å²) in [5.41, 5.74) is 0.711. The lowest BCUT2D eigenvalue weighted by Gasteiger charge is -2.18. The van der Waals surface area contributed by atoms with Gasteiger partial charge in [0.05, 0.1) is 12.7 Å². The van der Waals surface area contributed by atoms with E-state index in [1.807, 2.05) is 36.4 Å². The van der Waals surface area contributed by atoms with Gasteiger partial charge in [-0.25, -0.2) is 0 Å². The smallest absolute Gasteiger partial charge is 0.168 e. The highest BCUT2D eigenvalue weighted by Gasteiger charge is 2.16. The van der Waals surface area contributed by atoms with Crippen molar-refractivity contribution in [1.29, 1.82) is 0 Å². The Morgan fingerprint density at radius 3 is 2.48 bits per heavy atom. The van der Waals surface area contributed by atoms with Crippen molar-refractivity contribution in [2.75, 3.05) is 26.7 Å². The number of carbonyl (C=O) groups is 1. The lowest BCUT2D eigenvalue weighted by atomic mass is 9.98. The quantitative estimate of drug-likeness (QED) is 0.725. The number of Topliss-reactive ketones (excluding diaryl/α,β-unsaturated/α-hetero) is 1. The maximum Gasteiger partial charge on any atom is 0.168 e. The number of nitrogens with zero attached hydrogens (tertiary/aromatic N) is 1. The van der Waals surface area contributed by atoms with Gasteiger partial charge in [0, 0.05) is 13.0 Å². The van der Waals surface area contributed by atoms with Gasteiger partial charge < -0.3 is 9.64 Å². The average molecular weight is 285 g/mol. The van der Waals surface area contributed by atoms with E-state index in [4.69, 9.17) is 4.74 Å². The summed E-state index contributed by atoms with van der Waals surface area (Å²) in [5, 5.41) is 2.05. The number of methoxy groups -OCH3 is 1. The van der Waals surface area contributed by atoms with E-state index in [-0.39, 0.29) is 5.78 Å². The molecule has 3 heteroatoms. The van der Waals surface area contributed by atoms with Crippen LogP contribution in [0.25, 0.3) is 10.8 Å². The number of hydrogen-bond donors (Lipinski definition) is 0. The second-order valence-electron chi connectivity index (χ2n) is 5.06. The summed E-state index contributed by atoms with van der Waals surface area (Å²) >= 11 is 0. The Morgan fingerprint density at radius 1 is 1.10 bits per heavy atom. The largest absolute Gasteiger partial charge is 0.496 e. The van der Waals surface area contributed by atoms with Gasteiger partial charge in [-0.05, 0) is 29.9 Å². The SMILES string of the molecule is CCN(CC)CCC(=O)c1c(OC)ccc2ccccc12. The van der Waals surface area contributed by atoms with Crippen molar-refractivity contribution in [1.82, 2.24) is 4.90 Å². The molecule has 2 aromatic carbocycles. The van der Waals surface area contributed by atoms with Gasteiger partial charge in [0.15, 0.2) is 5.78 Å². The van der Waals surface area contributed by atoms with Crippen molar-refractivity contribution in [3.63, 3.8) is 0 Å². The molecule has 0 fully saturated rings. The maximum absolute atomic E-state index is 12.7. The number of ether oxygens (including phenoxy) is 1. The van der Waals surface area contributed by atoms with Crippen LogP contribution in [0.2, 0.25) is 0 Å². The van der Waals surface area contributed by atoms with Gasteiger partial charge in [-0.2, -0.15) is 0 Å². The van der Waals surface area contributed by atoms with E-state index in [1.54, 1.807) is 7.11 Å². The molecule has 0 aliphatic rings. The molecule has 0 amide bonds. The van der Waals surface area contributed by atoms with Gasteiger partial charge in [0.1, 0.15) is 5.75 Å². The summed E-state index contributed by atoms with van der Waals surface area (Å²) in [6.45, 7) is 6.96. The van der Waals surface area contributed by atoms with E-state index >= 15 is 0 Å². The molecule has 0 saturated heterocycles. The third kappa shape index (κ3) is 3.42. The van der Waals surface area contributed by atoms with Crippen molar-refractivity contribution in [2.24, 2.45) is 0 Å². The Balaban J connectivity index is 2.32. The van der Waals surface area contributed by atoms with Crippen LogP contribution in [0.4, 0.5) is 0 Å². The first-order valence-electron chi connectivity index (χ1n) is 7.52. The van der Waals surface area contributed by atoms with Crippen LogP contribution >= 0.6 is 0 Å². The monoisotopic (exact) mass is 285 g/mol. The van der Waals surface area contributed by atoms with Crippen molar-refractivity contribution < 1.29 is 9.53 Å². The number of ketones is 1. The van der Waals surface area contributed by atoms with E-state index < -0.39 is 0 Å². The Kier molecular flexibility index (Phi) is 5.34. The molecule has 2 aromatic rings. The number of hydrogen-bond acceptors (Lipinski definition) is 3. The lowest BCUT2D eigenvalue weighted by Crippen LogP contribution is -2.25. The highest BCUT2D eigenvalue weighted by atomic mass is 16.5. The fourth-order valence-electron chi connectivity index (χ4n) is 2.63. The van der Waals surface area contributed by atoms with Gasteiger partial charge >= 0.3 is 0 Å². The topological polar surface area (TPSA) is 29.5 Å². The van der Waals surface area contributed by atoms with Crippen LogP contribution in [0.3, 0.4) is 0 Å².